The standard InChI is InChI=1S/C16H23N/c1-5-7-12-17-15(6-2)14-10-8-9-11-16(3,4)13-14/h6,8-13H,5,7H2,1-4H3/b15-6-,17-12?. The molecule has 0 saturated heterocycles. The second-order valence-corrected chi connectivity index (χ2v) is 4.91. The molecule has 1 aliphatic carbocycles. The first-order valence-electron chi connectivity index (χ1n) is 6.37. The highest BCUT2D eigenvalue weighted by molar-refractivity contribution is 5.61. The van der Waals surface area contributed by atoms with Crippen LogP contribution < -0.4 is 0 Å². The highest BCUT2D eigenvalue weighted by Crippen LogP contribution is 2.27. The van der Waals surface area contributed by atoms with Crippen molar-refractivity contribution >= 4 is 6.21 Å². The second kappa shape index (κ2) is 6.39. The van der Waals surface area contributed by atoms with Gasteiger partial charge in [-0.05, 0) is 18.9 Å². The fourth-order valence-corrected chi connectivity index (χ4v) is 1.73. The van der Waals surface area contributed by atoms with Crippen LogP contribution in [0.3, 0.4) is 0 Å². The number of hydrogen-bond donors (Lipinski definition) is 0. The van der Waals surface area contributed by atoms with E-state index in [1.54, 1.807) is 0 Å². The Kier molecular flexibility index (Phi) is 5.14. The fourth-order valence-electron chi connectivity index (χ4n) is 1.73. The third-order valence-corrected chi connectivity index (χ3v) is 2.66. The Morgan fingerprint density at radius 3 is 2.76 bits per heavy atom. The highest BCUT2D eigenvalue weighted by atomic mass is 14.7. The van der Waals surface area contributed by atoms with Crippen molar-refractivity contribution in [3.05, 3.63) is 47.7 Å². The second-order valence-electron chi connectivity index (χ2n) is 4.91. The lowest BCUT2D eigenvalue weighted by molar-refractivity contribution is 0.624. The van der Waals surface area contributed by atoms with Crippen LogP contribution in [0.2, 0.25) is 0 Å². The van der Waals surface area contributed by atoms with Gasteiger partial charge < -0.3 is 0 Å². The predicted molar refractivity (Wildman–Crippen MR) is 77.3 cm³/mol. The largest absolute Gasteiger partial charge is 0.261 e. The lowest BCUT2D eigenvalue weighted by Crippen LogP contribution is -2.03. The third kappa shape index (κ3) is 4.56. The summed E-state index contributed by atoms with van der Waals surface area (Å²) in [6, 6.07) is 0. The molecule has 0 spiro atoms. The maximum atomic E-state index is 4.55. The molecule has 0 bridgehead atoms. The number of aliphatic imine (C=N–C) groups is 1. The maximum absolute atomic E-state index is 4.55. The molecule has 0 saturated carbocycles. The molecule has 1 aliphatic rings. The van der Waals surface area contributed by atoms with Gasteiger partial charge in [0.25, 0.3) is 0 Å². The van der Waals surface area contributed by atoms with E-state index < -0.39 is 0 Å². The summed E-state index contributed by atoms with van der Waals surface area (Å²) in [5.74, 6) is 0. The van der Waals surface area contributed by atoms with Crippen LogP contribution in [0, 0.1) is 5.41 Å². The first-order chi connectivity index (χ1) is 8.09. The summed E-state index contributed by atoms with van der Waals surface area (Å²) in [7, 11) is 0. The minimum absolute atomic E-state index is 0.0906. The number of hydrogen-bond acceptors (Lipinski definition) is 1. The summed E-state index contributed by atoms with van der Waals surface area (Å²) >= 11 is 0. The van der Waals surface area contributed by atoms with Crippen LogP contribution in [0.1, 0.15) is 40.5 Å². The van der Waals surface area contributed by atoms with Gasteiger partial charge in [0.05, 0.1) is 5.70 Å². The van der Waals surface area contributed by atoms with E-state index in [0.717, 1.165) is 18.5 Å². The Balaban J connectivity index is 2.93. The zero-order valence-corrected chi connectivity index (χ0v) is 11.4. The molecule has 0 fully saturated rings. The van der Waals surface area contributed by atoms with Gasteiger partial charge in [-0.1, -0.05) is 63.6 Å². The molecule has 1 rings (SSSR count). The molecule has 0 amide bonds. The van der Waals surface area contributed by atoms with E-state index in [9.17, 15) is 0 Å². The van der Waals surface area contributed by atoms with Gasteiger partial charge >= 0.3 is 0 Å². The van der Waals surface area contributed by atoms with Crippen LogP contribution in [0.15, 0.2) is 52.7 Å². The van der Waals surface area contributed by atoms with Gasteiger partial charge in [0, 0.05) is 11.6 Å². The van der Waals surface area contributed by atoms with Crippen LogP contribution in [-0.2, 0) is 0 Å². The van der Waals surface area contributed by atoms with E-state index in [4.69, 9.17) is 0 Å². The minimum Gasteiger partial charge on any atom is -0.261 e. The van der Waals surface area contributed by atoms with Gasteiger partial charge in [-0.2, -0.15) is 0 Å². The molecule has 1 nitrogen and oxygen atoms in total. The van der Waals surface area contributed by atoms with E-state index >= 15 is 0 Å². The van der Waals surface area contributed by atoms with Crippen molar-refractivity contribution in [2.24, 2.45) is 10.4 Å². The topological polar surface area (TPSA) is 12.4 Å². The maximum Gasteiger partial charge on any atom is 0.0652 e. The first-order valence-corrected chi connectivity index (χ1v) is 6.37. The molecule has 0 radical (unpaired) electrons. The molecule has 0 aliphatic heterocycles. The highest BCUT2D eigenvalue weighted by Gasteiger charge is 2.13. The van der Waals surface area contributed by atoms with Gasteiger partial charge in [-0.15, -0.1) is 0 Å². The summed E-state index contributed by atoms with van der Waals surface area (Å²) in [4.78, 5) is 4.55. The van der Waals surface area contributed by atoms with E-state index in [0.29, 0.717) is 0 Å². The Hall–Kier alpha value is -1.37. The van der Waals surface area contributed by atoms with Gasteiger partial charge in [0.15, 0.2) is 0 Å². The van der Waals surface area contributed by atoms with Gasteiger partial charge in [-0.25, -0.2) is 0 Å². The SMILES string of the molecule is C/C=C(\N=CCCC)C1=CC(C)(C)C=CC=C1. The Bertz CT molecular complexity index is 390. The summed E-state index contributed by atoms with van der Waals surface area (Å²) in [5.41, 5.74) is 2.36. The minimum atomic E-state index is 0.0906. The van der Waals surface area contributed by atoms with E-state index in [-0.39, 0.29) is 5.41 Å². The quantitative estimate of drug-likeness (QED) is 0.612. The molecule has 0 atom stereocenters. The Labute approximate surface area is 105 Å². The molecule has 0 aromatic carbocycles. The van der Waals surface area contributed by atoms with E-state index in [1.165, 1.54) is 5.57 Å². The molecular formula is C16H23N. The third-order valence-electron chi connectivity index (χ3n) is 2.66. The normalized spacial score (nSPS) is 19.5. The van der Waals surface area contributed by atoms with Crippen LogP contribution in [0.5, 0.6) is 0 Å². The summed E-state index contributed by atoms with van der Waals surface area (Å²) in [5, 5.41) is 0. The molecular weight excluding hydrogens is 206 g/mol. The number of rotatable bonds is 4. The Morgan fingerprint density at radius 1 is 1.35 bits per heavy atom. The first kappa shape index (κ1) is 13.7. The van der Waals surface area contributed by atoms with Crippen molar-refractivity contribution in [2.75, 3.05) is 0 Å². The fraction of sp³-hybridized carbons (Fsp3) is 0.438. The lowest BCUT2D eigenvalue weighted by atomic mass is 9.90. The smallest absolute Gasteiger partial charge is 0.0652 e. The predicted octanol–water partition coefficient (Wildman–Crippen LogP) is 4.84. The van der Waals surface area contributed by atoms with Crippen molar-refractivity contribution in [1.82, 2.24) is 0 Å². The zero-order valence-electron chi connectivity index (χ0n) is 11.4. The van der Waals surface area contributed by atoms with Gasteiger partial charge in [0.2, 0.25) is 0 Å². The summed E-state index contributed by atoms with van der Waals surface area (Å²) < 4.78 is 0. The van der Waals surface area contributed by atoms with E-state index in [2.05, 4.69) is 62.2 Å². The average molecular weight is 229 g/mol. The van der Waals surface area contributed by atoms with E-state index in [1.807, 2.05) is 13.1 Å². The Morgan fingerprint density at radius 2 is 2.12 bits per heavy atom. The van der Waals surface area contributed by atoms with Crippen molar-refractivity contribution in [2.45, 2.75) is 40.5 Å². The van der Waals surface area contributed by atoms with Crippen LogP contribution in [-0.4, -0.2) is 6.21 Å². The summed E-state index contributed by atoms with van der Waals surface area (Å²) in [6.07, 6.45) is 17.1. The molecule has 0 N–H and O–H groups in total. The van der Waals surface area contributed by atoms with Crippen LogP contribution in [0.4, 0.5) is 0 Å². The lowest BCUT2D eigenvalue weighted by Gasteiger charge is -2.15. The molecule has 92 valence electrons. The summed E-state index contributed by atoms with van der Waals surface area (Å²) in [6.45, 7) is 8.62. The van der Waals surface area contributed by atoms with Crippen LogP contribution >= 0.6 is 0 Å². The van der Waals surface area contributed by atoms with Crippen molar-refractivity contribution < 1.29 is 0 Å². The van der Waals surface area contributed by atoms with Crippen molar-refractivity contribution in [1.29, 1.82) is 0 Å². The monoisotopic (exact) mass is 229 g/mol. The van der Waals surface area contributed by atoms with Gasteiger partial charge in [0.1, 0.15) is 0 Å². The van der Waals surface area contributed by atoms with Crippen molar-refractivity contribution in [3.63, 3.8) is 0 Å². The molecule has 0 aromatic rings. The molecule has 0 unspecified atom stereocenters. The van der Waals surface area contributed by atoms with Crippen LogP contribution in [0.25, 0.3) is 0 Å². The number of unbranched alkanes of at least 4 members (excludes halogenated alkanes) is 1. The molecule has 17 heavy (non-hydrogen) atoms. The number of nitrogens with zero attached hydrogens (tertiary/aromatic N) is 1. The average Bonchev–Trinajstić information content (AvgIpc) is 2.45. The molecule has 0 heterocycles. The zero-order chi connectivity index (χ0) is 12.7. The van der Waals surface area contributed by atoms with Gasteiger partial charge in [-0.3, -0.25) is 4.99 Å². The molecule has 1 heteroatoms. The molecule has 0 aromatic heterocycles. The van der Waals surface area contributed by atoms with Crippen molar-refractivity contribution in [3.8, 4) is 0 Å². The number of allylic oxidation sites excluding steroid dienone is 6.